The number of piperazine rings is 1. The van der Waals surface area contributed by atoms with Crippen LogP contribution in [0.15, 0.2) is 55.0 Å². The SMILES string of the molecule is CN1CCN(Cc2ccc(NC(=O)c3cncc(C#Cc4cnc5ccc(N6C[C@H]7C[C@@H]6CO7)nn45)c3)cc2C(F)(F)F)CC1. The Balaban J connectivity index is 1.07. The van der Waals surface area contributed by atoms with E-state index in [4.69, 9.17) is 9.84 Å². The van der Waals surface area contributed by atoms with Crippen molar-refractivity contribution in [2.75, 3.05) is 56.6 Å². The summed E-state index contributed by atoms with van der Waals surface area (Å²) in [4.78, 5) is 28.0. The number of imidazole rings is 1. The van der Waals surface area contributed by atoms with Crippen molar-refractivity contribution in [2.24, 2.45) is 0 Å². The predicted molar refractivity (Wildman–Crippen MR) is 161 cm³/mol. The van der Waals surface area contributed by atoms with Crippen molar-refractivity contribution < 1.29 is 22.7 Å². The first-order valence-electron chi connectivity index (χ1n) is 14.8. The zero-order chi connectivity index (χ0) is 31.1. The molecule has 3 aliphatic heterocycles. The Hall–Kier alpha value is -4.51. The lowest BCUT2D eigenvalue weighted by atomic mass is 10.0. The van der Waals surface area contributed by atoms with Crippen molar-refractivity contribution in [3.05, 3.63) is 82.9 Å². The average Bonchev–Trinajstić information content (AvgIpc) is 3.78. The van der Waals surface area contributed by atoms with E-state index in [1.54, 1.807) is 16.8 Å². The highest BCUT2D eigenvalue weighted by Gasteiger charge is 2.40. The molecule has 1 aromatic carbocycles. The van der Waals surface area contributed by atoms with Gasteiger partial charge in [0.25, 0.3) is 5.91 Å². The van der Waals surface area contributed by atoms with Crippen molar-refractivity contribution >= 4 is 23.1 Å². The maximum atomic E-state index is 14.0. The van der Waals surface area contributed by atoms with Crippen LogP contribution in [0.2, 0.25) is 0 Å². The average molecular weight is 617 g/mol. The fourth-order valence-corrected chi connectivity index (χ4v) is 6.06. The van der Waals surface area contributed by atoms with Gasteiger partial charge in [-0.15, -0.1) is 5.10 Å². The van der Waals surface area contributed by atoms with E-state index >= 15 is 0 Å². The molecule has 2 bridgehead atoms. The Morgan fingerprint density at radius 3 is 2.67 bits per heavy atom. The number of anilines is 2. The monoisotopic (exact) mass is 616 g/mol. The van der Waals surface area contributed by atoms with Crippen LogP contribution < -0.4 is 10.2 Å². The molecule has 0 radical (unpaired) electrons. The van der Waals surface area contributed by atoms with Gasteiger partial charge in [0.05, 0.1) is 36.1 Å². The minimum absolute atomic E-state index is 0.0522. The van der Waals surface area contributed by atoms with E-state index in [1.165, 1.54) is 24.5 Å². The van der Waals surface area contributed by atoms with Gasteiger partial charge in [0.15, 0.2) is 5.65 Å². The number of carbonyl (C=O) groups excluding carboxylic acids is 1. The minimum atomic E-state index is -4.56. The van der Waals surface area contributed by atoms with Crippen LogP contribution in [0, 0.1) is 11.8 Å². The van der Waals surface area contributed by atoms with Crippen LogP contribution in [-0.4, -0.2) is 93.8 Å². The number of likely N-dealkylation sites (N-methyl/N-ethyl adjacent to an activating group) is 1. The van der Waals surface area contributed by atoms with Gasteiger partial charge >= 0.3 is 6.18 Å². The summed E-state index contributed by atoms with van der Waals surface area (Å²) in [5.74, 6) is 6.32. The number of pyridine rings is 1. The third kappa shape index (κ3) is 6.22. The van der Waals surface area contributed by atoms with Gasteiger partial charge in [0.1, 0.15) is 11.5 Å². The number of hydrogen-bond acceptors (Lipinski definition) is 8. The maximum absolute atomic E-state index is 14.0. The van der Waals surface area contributed by atoms with E-state index in [1.807, 2.05) is 24.1 Å². The number of carbonyl (C=O) groups is 1. The summed E-state index contributed by atoms with van der Waals surface area (Å²) < 4.78 is 49.4. The lowest BCUT2D eigenvalue weighted by Crippen LogP contribution is -2.44. The van der Waals surface area contributed by atoms with E-state index in [0.717, 1.165) is 37.9 Å². The van der Waals surface area contributed by atoms with Gasteiger partial charge < -0.3 is 19.9 Å². The highest BCUT2D eigenvalue weighted by molar-refractivity contribution is 6.04. The van der Waals surface area contributed by atoms with Crippen LogP contribution in [0.1, 0.15) is 39.2 Å². The van der Waals surface area contributed by atoms with Gasteiger partial charge in [0, 0.05) is 62.9 Å². The Morgan fingerprint density at radius 1 is 1.07 bits per heavy atom. The molecule has 45 heavy (non-hydrogen) atoms. The van der Waals surface area contributed by atoms with Crippen molar-refractivity contribution in [3.63, 3.8) is 0 Å². The van der Waals surface area contributed by atoms with E-state index in [0.29, 0.717) is 42.6 Å². The number of benzene rings is 1. The molecule has 1 N–H and O–H groups in total. The molecule has 0 saturated carbocycles. The van der Waals surface area contributed by atoms with Crippen LogP contribution >= 0.6 is 0 Å². The number of hydrogen-bond donors (Lipinski definition) is 1. The van der Waals surface area contributed by atoms with Crippen LogP contribution in [0.3, 0.4) is 0 Å². The highest BCUT2D eigenvalue weighted by Crippen LogP contribution is 2.35. The van der Waals surface area contributed by atoms with Gasteiger partial charge in [-0.3, -0.25) is 14.7 Å². The van der Waals surface area contributed by atoms with Gasteiger partial charge in [-0.2, -0.15) is 13.2 Å². The van der Waals surface area contributed by atoms with Crippen molar-refractivity contribution in [3.8, 4) is 11.8 Å². The number of fused-ring (bicyclic) bond motifs is 3. The molecular weight excluding hydrogens is 585 g/mol. The van der Waals surface area contributed by atoms with E-state index in [9.17, 15) is 18.0 Å². The Bertz CT molecular complexity index is 1810. The van der Waals surface area contributed by atoms with Crippen LogP contribution in [0.25, 0.3) is 5.65 Å². The number of alkyl halides is 3. The lowest BCUT2D eigenvalue weighted by molar-refractivity contribution is -0.138. The summed E-state index contributed by atoms with van der Waals surface area (Å²) in [7, 11) is 2.00. The number of amides is 1. The van der Waals surface area contributed by atoms with Gasteiger partial charge in [-0.1, -0.05) is 12.0 Å². The standard InChI is InChI=1S/C32H31F3N8O2/c1-40-8-10-41(11-9-40)18-22-3-4-24(13-28(22)32(33,34)35)38-31(44)23-12-21(15-36-16-23)2-5-25-17-37-29-6-7-30(39-43(25)29)42-19-27-14-26(42)20-45-27/h3-4,6-7,12-13,15-17,26-27H,8-11,14,18-20H2,1H3,(H,38,44)/t26-,27-/m1/s1. The van der Waals surface area contributed by atoms with Crippen LogP contribution in [0.4, 0.5) is 24.7 Å². The molecule has 10 nitrogen and oxygen atoms in total. The molecule has 3 saturated heterocycles. The molecule has 0 unspecified atom stereocenters. The first-order chi connectivity index (χ1) is 21.7. The summed E-state index contributed by atoms with van der Waals surface area (Å²) in [6.07, 6.45) is 1.18. The number of nitrogens with one attached hydrogen (secondary N) is 1. The second-order valence-corrected chi connectivity index (χ2v) is 11.7. The molecule has 3 fully saturated rings. The quantitative estimate of drug-likeness (QED) is 0.341. The summed E-state index contributed by atoms with van der Waals surface area (Å²) in [5.41, 5.74) is 1.33. The molecular formula is C32H31F3N8O2. The normalized spacial score (nSPS) is 20.4. The van der Waals surface area contributed by atoms with E-state index in [-0.39, 0.29) is 29.5 Å². The molecule has 3 aliphatic rings. The fourth-order valence-electron chi connectivity index (χ4n) is 6.06. The van der Waals surface area contributed by atoms with Crippen molar-refractivity contribution in [1.82, 2.24) is 29.4 Å². The smallest absolute Gasteiger partial charge is 0.374 e. The van der Waals surface area contributed by atoms with Gasteiger partial charge in [-0.25, -0.2) is 9.50 Å². The summed E-state index contributed by atoms with van der Waals surface area (Å²) in [6, 6.07) is 9.65. The summed E-state index contributed by atoms with van der Waals surface area (Å²) in [6.45, 7) is 4.70. The topological polar surface area (TPSA) is 91.1 Å². The third-order valence-electron chi connectivity index (χ3n) is 8.54. The molecule has 0 aliphatic carbocycles. The largest absolute Gasteiger partial charge is 0.416 e. The number of nitrogens with zero attached hydrogens (tertiary/aromatic N) is 7. The molecule has 7 rings (SSSR count). The predicted octanol–water partition coefficient (Wildman–Crippen LogP) is 3.52. The zero-order valence-corrected chi connectivity index (χ0v) is 24.6. The molecule has 4 aromatic rings. The molecule has 13 heteroatoms. The first-order valence-corrected chi connectivity index (χ1v) is 14.8. The molecule has 232 valence electrons. The van der Waals surface area contributed by atoms with E-state index in [2.05, 4.69) is 36.9 Å². The lowest BCUT2D eigenvalue weighted by Gasteiger charge is -2.33. The van der Waals surface area contributed by atoms with E-state index < -0.39 is 17.6 Å². The zero-order valence-electron chi connectivity index (χ0n) is 24.6. The maximum Gasteiger partial charge on any atom is 0.416 e. The van der Waals surface area contributed by atoms with Crippen molar-refractivity contribution in [2.45, 2.75) is 31.3 Å². The Morgan fingerprint density at radius 2 is 1.91 bits per heavy atom. The number of halogens is 3. The summed E-state index contributed by atoms with van der Waals surface area (Å²) in [5, 5.41) is 7.35. The number of ether oxygens (including phenoxy) is 1. The second-order valence-electron chi connectivity index (χ2n) is 11.7. The number of rotatable bonds is 5. The van der Waals surface area contributed by atoms with Crippen LogP contribution in [0.5, 0.6) is 0 Å². The molecule has 6 heterocycles. The second kappa shape index (κ2) is 11.8. The molecule has 2 atom stereocenters. The number of aromatic nitrogens is 4. The molecule has 1 amide bonds. The van der Waals surface area contributed by atoms with Gasteiger partial charge in [-0.05, 0) is 55.3 Å². The Labute approximate surface area is 257 Å². The third-order valence-corrected chi connectivity index (χ3v) is 8.54. The van der Waals surface area contributed by atoms with Gasteiger partial charge in [0.2, 0.25) is 0 Å². The minimum Gasteiger partial charge on any atom is -0.374 e. The highest BCUT2D eigenvalue weighted by atomic mass is 19.4. The molecule has 0 spiro atoms. The molecule has 3 aromatic heterocycles. The van der Waals surface area contributed by atoms with Crippen LogP contribution in [-0.2, 0) is 17.5 Å². The summed E-state index contributed by atoms with van der Waals surface area (Å²) >= 11 is 0. The fraction of sp³-hybridized carbons (Fsp3) is 0.375. The number of morpholine rings is 1. The Kier molecular flexibility index (Phi) is 7.64. The first kappa shape index (κ1) is 29.2. The van der Waals surface area contributed by atoms with Crippen molar-refractivity contribution in [1.29, 1.82) is 0 Å².